The first-order chi connectivity index (χ1) is 12.1. The van der Waals surface area contributed by atoms with Crippen LogP contribution in [-0.4, -0.2) is 50.8 Å². The van der Waals surface area contributed by atoms with E-state index in [9.17, 15) is 4.39 Å². The molecule has 0 amide bonds. The summed E-state index contributed by atoms with van der Waals surface area (Å²) in [5.41, 5.74) is 1.39. The van der Waals surface area contributed by atoms with E-state index in [4.69, 9.17) is 11.6 Å². The Morgan fingerprint density at radius 1 is 1.16 bits per heavy atom. The molecule has 0 bridgehead atoms. The number of aromatic nitrogens is 4. The second kappa shape index (κ2) is 6.57. The van der Waals surface area contributed by atoms with Crippen molar-refractivity contribution in [1.29, 1.82) is 0 Å². The van der Waals surface area contributed by atoms with Gasteiger partial charge in [0.15, 0.2) is 5.65 Å². The maximum absolute atomic E-state index is 14.0. The number of rotatable bonds is 3. The van der Waals surface area contributed by atoms with E-state index in [0.717, 1.165) is 43.0 Å². The molecule has 3 heterocycles. The van der Waals surface area contributed by atoms with Crippen molar-refractivity contribution in [3.05, 3.63) is 47.1 Å². The quantitative estimate of drug-likeness (QED) is 0.718. The first kappa shape index (κ1) is 16.2. The van der Waals surface area contributed by atoms with E-state index in [1.54, 1.807) is 29.3 Å². The highest BCUT2D eigenvalue weighted by Gasteiger charge is 2.22. The van der Waals surface area contributed by atoms with E-state index in [-0.39, 0.29) is 5.82 Å². The normalized spacial score (nSPS) is 15.9. The van der Waals surface area contributed by atoms with Crippen molar-refractivity contribution in [2.75, 3.05) is 31.1 Å². The third-order valence-electron chi connectivity index (χ3n) is 4.62. The van der Waals surface area contributed by atoms with E-state index in [2.05, 4.69) is 24.9 Å². The minimum absolute atomic E-state index is 0.247. The second-order valence-corrected chi connectivity index (χ2v) is 6.57. The summed E-state index contributed by atoms with van der Waals surface area (Å²) in [6.45, 7) is 3.78. The molecule has 0 saturated carbocycles. The van der Waals surface area contributed by atoms with Gasteiger partial charge in [-0.15, -0.1) is 0 Å². The van der Waals surface area contributed by atoms with Gasteiger partial charge in [0, 0.05) is 50.4 Å². The molecule has 0 radical (unpaired) electrons. The van der Waals surface area contributed by atoms with Gasteiger partial charge < -0.3 is 4.90 Å². The third-order valence-corrected chi connectivity index (χ3v) is 4.98. The summed E-state index contributed by atoms with van der Waals surface area (Å²) in [4.78, 5) is 13.2. The van der Waals surface area contributed by atoms with Gasteiger partial charge in [-0.1, -0.05) is 17.7 Å². The molecule has 130 valence electrons. The van der Waals surface area contributed by atoms with Crippen molar-refractivity contribution >= 4 is 28.5 Å². The number of piperazine rings is 1. The molecule has 6 nitrogen and oxygen atoms in total. The largest absolute Gasteiger partial charge is 0.353 e. The first-order valence-corrected chi connectivity index (χ1v) is 8.54. The van der Waals surface area contributed by atoms with Crippen LogP contribution in [-0.2, 0) is 13.6 Å². The number of anilines is 1. The zero-order chi connectivity index (χ0) is 17.4. The molecule has 0 spiro atoms. The molecule has 0 atom stereocenters. The fraction of sp³-hybridized carbons (Fsp3) is 0.353. The summed E-state index contributed by atoms with van der Waals surface area (Å²) >= 11 is 6.14. The number of halogens is 2. The van der Waals surface area contributed by atoms with Crippen LogP contribution in [0, 0.1) is 5.82 Å². The Bertz CT molecular complexity index is 883. The van der Waals surface area contributed by atoms with Crippen LogP contribution in [0.2, 0.25) is 5.02 Å². The number of aryl methyl sites for hydroxylation is 1. The molecule has 8 heteroatoms. The lowest BCUT2D eigenvalue weighted by Crippen LogP contribution is -2.46. The molecule has 1 aliphatic heterocycles. The number of hydrogen-bond donors (Lipinski definition) is 0. The Hall–Kier alpha value is -2.25. The fourth-order valence-electron chi connectivity index (χ4n) is 3.23. The van der Waals surface area contributed by atoms with Crippen LogP contribution in [0.15, 0.2) is 30.7 Å². The van der Waals surface area contributed by atoms with Crippen molar-refractivity contribution in [3.8, 4) is 0 Å². The molecule has 0 N–H and O–H groups in total. The molecular weight excluding hydrogens is 343 g/mol. The summed E-state index contributed by atoms with van der Waals surface area (Å²) in [5.74, 6) is 0.657. The molecule has 1 aliphatic rings. The number of nitrogens with zero attached hydrogens (tertiary/aromatic N) is 6. The molecule has 0 unspecified atom stereocenters. The zero-order valence-electron chi connectivity index (χ0n) is 13.9. The molecule has 2 aromatic heterocycles. The van der Waals surface area contributed by atoms with E-state index < -0.39 is 0 Å². The van der Waals surface area contributed by atoms with Crippen LogP contribution in [0.5, 0.6) is 0 Å². The summed E-state index contributed by atoms with van der Waals surface area (Å²) < 4.78 is 15.7. The lowest BCUT2D eigenvalue weighted by atomic mass is 10.2. The van der Waals surface area contributed by atoms with Gasteiger partial charge in [-0.25, -0.2) is 14.4 Å². The zero-order valence-corrected chi connectivity index (χ0v) is 14.6. The molecule has 4 rings (SSSR count). The molecule has 3 aromatic rings. The van der Waals surface area contributed by atoms with Gasteiger partial charge in [-0.05, 0) is 12.1 Å². The van der Waals surface area contributed by atoms with Gasteiger partial charge in [0.2, 0.25) is 0 Å². The van der Waals surface area contributed by atoms with Gasteiger partial charge in [0.1, 0.15) is 18.0 Å². The number of benzene rings is 1. The maximum atomic E-state index is 14.0. The lowest BCUT2D eigenvalue weighted by Gasteiger charge is -2.35. The van der Waals surface area contributed by atoms with E-state index in [1.807, 2.05) is 7.05 Å². The van der Waals surface area contributed by atoms with Crippen LogP contribution >= 0.6 is 11.6 Å². The van der Waals surface area contributed by atoms with Gasteiger partial charge in [0.25, 0.3) is 0 Å². The van der Waals surface area contributed by atoms with Crippen LogP contribution in [0.25, 0.3) is 11.0 Å². The highest BCUT2D eigenvalue weighted by Crippen LogP contribution is 2.25. The summed E-state index contributed by atoms with van der Waals surface area (Å²) in [6.07, 6.45) is 3.38. The standard InChI is InChI=1S/C17H18ClFN6/c1-23-16-12(9-22-23)17(21-11-20-16)25-7-5-24(6-8-25)10-13-14(18)3-2-4-15(13)19/h2-4,9,11H,5-8,10H2,1H3. The van der Waals surface area contributed by atoms with Crippen molar-refractivity contribution in [2.24, 2.45) is 7.05 Å². The van der Waals surface area contributed by atoms with E-state index in [1.165, 1.54) is 6.07 Å². The van der Waals surface area contributed by atoms with E-state index in [0.29, 0.717) is 17.1 Å². The highest BCUT2D eigenvalue weighted by atomic mass is 35.5. The second-order valence-electron chi connectivity index (χ2n) is 6.17. The first-order valence-electron chi connectivity index (χ1n) is 8.16. The maximum Gasteiger partial charge on any atom is 0.163 e. The Morgan fingerprint density at radius 2 is 1.96 bits per heavy atom. The van der Waals surface area contributed by atoms with Crippen molar-refractivity contribution in [1.82, 2.24) is 24.6 Å². The van der Waals surface area contributed by atoms with Crippen molar-refractivity contribution in [2.45, 2.75) is 6.54 Å². The van der Waals surface area contributed by atoms with Crippen LogP contribution < -0.4 is 4.90 Å². The van der Waals surface area contributed by atoms with Crippen LogP contribution in [0.3, 0.4) is 0 Å². The predicted molar refractivity (Wildman–Crippen MR) is 95.2 cm³/mol. The minimum atomic E-state index is -0.247. The summed E-state index contributed by atoms with van der Waals surface area (Å²) in [7, 11) is 1.87. The molecule has 1 saturated heterocycles. The number of fused-ring (bicyclic) bond motifs is 1. The van der Waals surface area contributed by atoms with Gasteiger partial charge >= 0.3 is 0 Å². The Balaban J connectivity index is 1.48. The van der Waals surface area contributed by atoms with Crippen molar-refractivity contribution in [3.63, 3.8) is 0 Å². The van der Waals surface area contributed by atoms with Gasteiger partial charge in [-0.3, -0.25) is 9.58 Å². The average molecular weight is 361 g/mol. The fourth-order valence-corrected chi connectivity index (χ4v) is 3.45. The summed E-state index contributed by atoms with van der Waals surface area (Å²) in [6, 6.07) is 4.82. The Morgan fingerprint density at radius 3 is 2.72 bits per heavy atom. The van der Waals surface area contributed by atoms with Gasteiger partial charge in [-0.2, -0.15) is 5.10 Å². The molecular formula is C17H18ClFN6. The van der Waals surface area contributed by atoms with Gasteiger partial charge in [0.05, 0.1) is 11.6 Å². The monoisotopic (exact) mass is 360 g/mol. The molecule has 1 aromatic carbocycles. The third kappa shape index (κ3) is 3.05. The average Bonchev–Trinajstić information content (AvgIpc) is 3.00. The highest BCUT2D eigenvalue weighted by molar-refractivity contribution is 6.31. The lowest BCUT2D eigenvalue weighted by molar-refractivity contribution is 0.246. The molecule has 25 heavy (non-hydrogen) atoms. The minimum Gasteiger partial charge on any atom is -0.353 e. The van der Waals surface area contributed by atoms with Crippen molar-refractivity contribution < 1.29 is 4.39 Å². The smallest absolute Gasteiger partial charge is 0.163 e. The SMILES string of the molecule is Cn1ncc2c(N3CCN(Cc4c(F)cccc4Cl)CC3)ncnc21. The molecule has 0 aliphatic carbocycles. The predicted octanol–water partition coefficient (Wildman–Crippen LogP) is 2.48. The summed E-state index contributed by atoms with van der Waals surface area (Å²) in [5, 5.41) is 5.70. The Kier molecular flexibility index (Phi) is 4.27. The topological polar surface area (TPSA) is 50.1 Å². The van der Waals surface area contributed by atoms with Crippen LogP contribution in [0.4, 0.5) is 10.2 Å². The van der Waals surface area contributed by atoms with E-state index >= 15 is 0 Å². The number of hydrogen-bond acceptors (Lipinski definition) is 5. The van der Waals surface area contributed by atoms with Crippen LogP contribution in [0.1, 0.15) is 5.56 Å². The molecule has 1 fully saturated rings. The Labute approximate surface area is 149 Å².